The number of rotatable bonds is 12. The summed E-state index contributed by atoms with van der Waals surface area (Å²) < 4.78 is 0. The summed E-state index contributed by atoms with van der Waals surface area (Å²) in [6, 6.07) is 7.10. The highest BCUT2D eigenvalue weighted by molar-refractivity contribution is 5.66. The molecule has 0 N–H and O–H groups in total. The number of unbranched alkanes of at least 4 members (excludes halogenated alkanes) is 6. The van der Waals surface area contributed by atoms with Crippen molar-refractivity contribution in [3.63, 3.8) is 0 Å². The molecule has 1 heterocycles. The molecular formula is C29H44N2. The monoisotopic (exact) mass is 420 g/mol. The maximum atomic E-state index is 4.65. The van der Waals surface area contributed by atoms with Gasteiger partial charge in [0.2, 0.25) is 0 Å². The summed E-state index contributed by atoms with van der Waals surface area (Å²) in [6.07, 6.45) is 22.7. The van der Waals surface area contributed by atoms with Crippen LogP contribution in [0.25, 0.3) is 11.1 Å². The zero-order chi connectivity index (χ0) is 21.9. The molecule has 0 aliphatic heterocycles. The molecule has 170 valence electrons. The summed E-state index contributed by atoms with van der Waals surface area (Å²) in [5, 5.41) is 0. The standard InChI is InChI=1S/C29H44N2/c1-4-6-8-9-11-13-29-30-21-27(22-31-29)28-19-18-26(20-23(28)3)25-16-14-24(15-17-25)12-10-7-5-2/h18-22,24-25H,4-17H2,1-3H3/t24-,25-. The SMILES string of the molecule is CCCCCCCc1ncc(-c2ccc([C@H]3CC[C@H](CCCCC)CC3)cc2C)cn1. The fourth-order valence-electron chi connectivity index (χ4n) is 5.24. The van der Waals surface area contributed by atoms with Gasteiger partial charge in [0.05, 0.1) is 0 Å². The van der Waals surface area contributed by atoms with Crippen molar-refractivity contribution in [2.45, 2.75) is 117 Å². The first-order valence-electron chi connectivity index (χ1n) is 13.1. The average molecular weight is 421 g/mol. The van der Waals surface area contributed by atoms with Crippen molar-refractivity contribution in [1.82, 2.24) is 9.97 Å². The molecule has 2 nitrogen and oxygen atoms in total. The minimum absolute atomic E-state index is 0.751. The van der Waals surface area contributed by atoms with Crippen LogP contribution in [0.15, 0.2) is 30.6 Å². The van der Waals surface area contributed by atoms with Crippen LogP contribution in [0.1, 0.15) is 120 Å². The first-order chi connectivity index (χ1) is 15.2. The Morgan fingerprint density at radius 3 is 2.16 bits per heavy atom. The van der Waals surface area contributed by atoms with Gasteiger partial charge in [-0.25, -0.2) is 9.97 Å². The van der Waals surface area contributed by atoms with Crippen molar-refractivity contribution in [1.29, 1.82) is 0 Å². The Kier molecular flexibility index (Phi) is 10.0. The molecule has 31 heavy (non-hydrogen) atoms. The number of hydrogen-bond donors (Lipinski definition) is 0. The van der Waals surface area contributed by atoms with Gasteiger partial charge in [-0.2, -0.15) is 0 Å². The Morgan fingerprint density at radius 1 is 0.806 bits per heavy atom. The topological polar surface area (TPSA) is 25.8 Å². The van der Waals surface area contributed by atoms with Crippen LogP contribution >= 0.6 is 0 Å². The van der Waals surface area contributed by atoms with E-state index < -0.39 is 0 Å². The van der Waals surface area contributed by atoms with Gasteiger partial charge in [0.25, 0.3) is 0 Å². The Labute approximate surface area is 191 Å². The van der Waals surface area contributed by atoms with Crippen molar-refractivity contribution < 1.29 is 0 Å². The van der Waals surface area contributed by atoms with E-state index in [2.05, 4.69) is 48.9 Å². The van der Waals surface area contributed by atoms with Gasteiger partial charge in [0.15, 0.2) is 0 Å². The fourth-order valence-corrected chi connectivity index (χ4v) is 5.24. The summed E-state index contributed by atoms with van der Waals surface area (Å²) in [7, 11) is 0. The normalized spacial score (nSPS) is 18.9. The predicted octanol–water partition coefficient (Wildman–Crippen LogP) is 8.82. The summed E-state index contributed by atoms with van der Waals surface area (Å²) in [6.45, 7) is 6.81. The van der Waals surface area contributed by atoms with E-state index >= 15 is 0 Å². The van der Waals surface area contributed by atoms with E-state index in [1.54, 1.807) is 0 Å². The highest BCUT2D eigenvalue weighted by Gasteiger charge is 2.22. The lowest BCUT2D eigenvalue weighted by atomic mass is 9.76. The first-order valence-corrected chi connectivity index (χ1v) is 13.1. The third-order valence-corrected chi connectivity index (χ3v) is 7.30. The highest BCUT2D eigenvalue weighted by atomic mass is 14.9. The zero-order valence-corrected chi connectivity index (χ0v) is 20.3. The van der Waals surface area contributed by atoms with E-state index in [0.717, 1.165) is 29.6 Å². The number of aromatic nitrogens is 2. The van der Waals surface area contributed by atoms with Crippen LogP contribution in [0.4, 0.5) is 0 Å². The van der Waals surface area contributed by atoms with Gasteiger partial charge in [-0.05, 0) is 67.6 Å². The van der Waals surface area contributed by atoms with Gasteiger partial charge < -0.3 is 0 Å². The molecule has 0 amide bonds. The lowest BCUT2D eigenvalue weighted by Crippen LogP contribution is -2.13. The second-order valence-corrected chi connectivity index (χ2v) is 9.84. The highest BCUT2D eigenvalue weighted by Crippen LogP contribution is 2.39. The van der Waals surface area contributed by atoms with Crippen LogP contribution in [-0.4, -0.2) is 9.97 Å². The Balaban J connectivity index is 1.52. The van der Waals surface area contributed by atoms with Crippen LogP contribution in [0.5, 0.6) is 0 Å². The molecule has 2 heteroatoms. The molecule has 0 spiro atoms. The molecular weight excluding hydrogens is 376 g/mol. The van der Waals surface area contributed by atoms with E-state index in [1.165, 1.54) is 100 Å². The Bertz CT molecular complexity index is 757. The van der Waals surface area contributed by atoms with Gasteiger partial charge in [-0.15, -0.1) is 0 Å². The second kappa shape index (κ2) is 13.0. The van der Waals surface area contributed by atoms with Gasteiger partial charge in [-0.3, -0.25) is 0 Å². The van der Waals surface area contributed by atoms with Gasteiger partial charge in [0, 0.05) is 24.4 Å². The second-order valence-electron chi connectivity index (χ2n) is 9.84. The molecule has 1 aliphatic rings. The van der Waals surface area contributed by atoms with Crippen LogP contribution in [0, 0.1) is 12.8 Å². The minimum atomic E-state index is 0.751. The number of hydrogen-bond acceptors (Lipinski definition) is 2. The third-order valence-electron chi connectivity index (χ3n) is 7.30. The molecule has 0 radical (unpaired) electrons. The molecule has 1 aliphatic carbocycles. The van der Waals surface area contributed by atoms with Crippen molar-refractivity contribution in [3.8, 4) is 11.1 Å². The van der Waals surface area contributed by atoms with Crippen molar-refractivity contribution >= 4 is 0 Å². The van der Waals surface area contributed by atoms with Gasteiger partial charge >= 0.3 is 0 Å². The van der Waals surface area contributed by atoms with Gasteiger partial charge in [0.1, 0.15) is 5.82 Å². The largest absolute Gasteiger partial charge is 0.241 e. The lowest BCUT2D eigenvalue weighted by Gasteiger charge is -2.29. The van der Waals surface area contributed by atoms with E-state index in [0.29, 0.717) is 0 Å². The minimum Gasteiger partial charge on any atom is -0.241 e. The van der Waals surface area contributed by atoms with Crippen LogP contribution in [-0.2, 0) is 6.42 Å². The van der Waals surface area contributed by atoms with E-state index in [4.69, 9.17) is 0 Å². The zero-order valence-electron chi connectivity index (χ0n) is 20.3. The number of aryl methyl sites for hydroxylation is 2. The molecule has 1 aromatic carbocycles. The average Bonchev–Trinajstić information content (AvgIpc) is 2.80. The molecule has 3 rings (SSSR count). The van der Waals surface area contributed by atoms with Crippen molar-refractivity contribution in [2.75, 3.05) is 0 Å². The smallest absolute Gasteiger partial charge is 0.128 e. The van der Waals surface area contributed by atoms with E-state index in [-0.39, 0.29) is 0 Å². The van der Waals surface area contributed by atoms with Crippen LogP contribution in [0.3, 0.4) is 0 Å². The quantitative estimate of drug-likeness (QED) is 0.320. The molecule has 1 saturated carbocycles. The van der Waals surface area contributed by atoms with E-state index in [9.17, 15) is 0 Å². The molecule has 0 saturated heterocycles. The maximum absolute atomic E-state index is 4.65. The third kappa shape index (κ3) is 7.44. The number of nitrogens with zero attached hydrogens (tertiary/aromatic N) is 2. The summed E-state index contributed by atoms with van der Waals surface area (Å²) in [5.41, 5.74) is 5.33. The van der Waals surface area contributed by atoms with Crippen LogP contribution < -0.4 is 0 Å². The Morgan fingerprint density at radius 2 is 1.48 bits per heavy atom. The van der Waals surface area contributed by atoms with Crippen LogP contribution in [0.2, 0.25) is 0 Å². The summed E-state index contributed by atoms with van der Waals surface area (Å²) >= 11 is 0. The van der Waals surface area contributed by atoms with Crippen molar-refractivity contribution in [2.24, 2.45) is 5.92 Å². The first kappa shape index (κ1) is 24.0. The molecule has 0 unspecified atom stereocenters. The fraction of sp³-hybridized carbons (Fsp3) is 0.655. The molecule has 0 bridgehead atoms. The van der Waals surface area contributed by atoms with Crippen molar-refractivity contribution in [3.05, 3.63) is 47.5 Å². The number of benzene rings is 1. The molecule has 1 aromatic heterocycles. The van der Waals surface area contributed by atoms with E-state index in [1.807, 2.05) is 12.4 Å². The maximum Gasteiger partial charge on any atom is 0.128 e. The lowest BCUT2D eigenvalue weighted by molar-refractivity contribution is 0.303. The molecule has 0 atom stereocenters. The Hall–Kier alpha value is -1.70. The summed E-state index contributed by atoms with van der Waals surface area (Å²) in [5.74, 6) is 2.72. The summed E-state index contributed by atoms with van der Waals surface area (Å²) in [4.78, 5) is 9.31. The molecule has 1 fully saturated rings. The van der Waals surface area contributed by atoms with Gasteiger partial charge in [-0.1, -0.05) is 83.4 Å². The predicted molar refractivity (Wildman–Crippen MR) is 134 cm³/mol. The molecule has 2 aromatic rings.